The van der Waals surface area contributed by atoms with Crippen LogP contribution >= 0.6 is 0 Å². The monoisotopic (exact) mass is 465 g/mol. The van der Waals surface area contributed by atoms with E-state index in [2.05, 4.69) is 5.32 Å². The van der Waals surface area contributed by atoms with Gasteiger partial charge in [-0.1, -0.05) is 42.5 Å². The van der Waals surface area contributed by atoms with Gasteiger partial charge >= 0.3 is 6.18 Å². The zero-order chi connectivity index (χ0) is 24.1. The fourth-order valence-corrected chi connectivity index (χ4v) is 3.58. The van der Waals surface area contributed by atoms with Crippen LogP contribution in [0.25, 0.3) is 10.8 Å². The minimum absolute atomic E-state index is 0.0577. The molecule has 4 rings (SSSR count). The number of hydrogen-bond donors (Lipinski definition) is 1. The van der Waals surface area contributed by atoms with E-state index in [0.29, 0.717) is 23.7 Å². The molecule has 174 valence electrons. The number of benzene rings is 4. The van der Waals surface area contributed by atoms with E-state index in [1.165, 1.54) is 12.1 Å². The van der Waals surface area contributed by atoms with Gasteiger partial charge in [0.15, 0.2) is 0 Å². The van der Waals surface area contributed by atoms with Gasteiger partial charge < -0.3 is 14.8 Å². The molecule has 1 amide bonds. The number of carbonyl (C=O) groups is 1. The van der Waals surface area contributed by atoms with Gasteiger partial charge in [0.1, 0.15) is 18.1 Å². The van der Waals surface area contributed by atoms with Crippen LogP contribution in [0.1, 0.15) is 28.4 Å². The molecule has 0 saturated heterocycles. The van der Waals surface area contributed by atoms with Crippen molar-refractivity contribution in [2.75, 3.05) is 11.9 Å². The van der Waals surface area contributed by atoms with Gasteiger partial charge in [-0.05, 0) is 54.8 Å². The molecule has 7 heteroatoms. The average Bonchev–Trinajstić information content (AvgIpc) is 2.83. The number of anilines is 1. The minimum atomic E-state index is -4.49. The van der Waals surface area contributed by atoms with Gasteiger partial charge in [0.25, 0.3) is 5.91 Å². The zero-order valence-corrected chi connectivity index (χ0v) is 18.4. The quantitative estimate of drug-likeness (QED) is 0.317. The Balaban J connectivity index is 1.56. The summed E-state index contributed by atoms with van der Waals surface area (Å²) in [5, 5.41) is 4.53. The van der Waals surface area contributed by atoms with Crippen molar-refractivity contribution in [1.82, 2.24) is 0 Å². The predicted molar refractivity (Wildman–Crippen MR) is 125 cm³/mol. The number of hydrogen-bond acceptors (Lipinski definition) is 3. The van der Waals surface area contributed by atoms with Gasteiger partial charge in [0.2, 0.25) is 0 Å². The molecule has 4 aromatic carbocycles. The summed E-state index contributed by atoms with van der Waals surface area (Å²) < 4.78 is 50.7. The lowest BCUT2D eigenvalue weighted by atomic mass is 10.1. The Morgan fingerprint density at radius 1 is 0.853 bits per heavy atom. The van der Waals surface area contributed by atoms with Crippen molar-refractivity contribution in [3.05, 3.63) is 102 Å². The van der Waals surface area contributed by atoms with Crippen LogP contribution in [0.5, 0.6) is 11.5 Å². The second-order valence-corrected chi connectivity index (χ2v) is 7.55. The second kappa shape index (κ2) is 9.87. The molecule has 0 atom stereocenters. The van der Waals surface area contributed by atoms with E-state index in [9.17, 15) is 18.0 Å². The highest BCUT2D eigenvalue weighted by Crippen LogP contribution is 2.31. The molecule has 0 radical (unpaired) electrons. The minimum Gasteiger partial charge on any atom is -0.493 e. The number of carbonyl (C=O) groups excluding carboxylic acids is 1. The number of rotatable bonds is 7. The van der Waals surface area contributed by atoms with Crippen molar-refractivity contribution in [2.24, 2.45) is 0 Å². The molecule has 0 bridgehead atoms. The van der Waals surface area contributed by atoms with Gasteiger partial charge in [-0.3, -0.25) is 4.79 Å². The molecule has 0 fully saturated rings. The molecule has 0 aliphatic heterocycles. The summed E-state index contributed by atoms with van der Waals surface area (Å²) in [6, 6.07) is 23.0. The first kappa shape index (κ1) is 23.2. The van der Waals surface area contributed by atoms with Gasteiger partial charge in [-0.25, -0.2) is 0 Å². The molecule has 0 aromatic heterocycles. The lowest BCUT2D eigenvalue weighted by Gasteiger charge is -2.15. The summed E-state index contributed by atoms with van der Waals surface area (Å²) in [5.74, 6) is 0.728. The molecular weight excluding hydrogens is 443 g/mol. The first-order valence-electron chi connectivity index (χ1n) is 10.7. The molecular formula is C27H22F3NO3. The van der Waals surface area contributed by atoms with Gasteiger partial charge in [-0.2, -0.15) is 13.2 Å². The Morgan fingerprint density at radius 2 is 1.62 bits per heavy atom. The van der Waals surface area contributed by atoms with Crippen molar-refractivity contribution in [2.45, 2.75) is 19.7 Å². The molecule has 0 saturated carbocycles. The lowest BCUT2D eigenvalue weighted by molar-refractivity contribution is -0.137. The number of amides is 1. The van der Waals surface area contributed by atoms with E-state index in [0.717, 1.165) is 22.9 Å². The fourth-order valence-electron chi connectivity index (χ4n) is 3.58. The first-order valence-corrected chi connectivity index (χ1v) is 10.7. The third-order valence-corrected chi connectivity index (χ3v) is 5.20. The van der Waals surface area contributed by atoms with Crippen LogP contribution in [0.2, 0.25) is 0 Å². The van der Waals surface area contributed by atoms with E-state index in [4.69, 9.17) is 9.47 Å². The van der Waals surface area contributed by atoms with Crippen molar-refractivity contribution in [1.29, 1.82) is 0 Å². The molecule has 0 aliphatic rings. The van der Waals surface area contributed by atoms with Crippen LogP contribution < -0.4 is 14.8 Å². The summed E-state index contributed by atoms with van der Waals surface area (Å²) in [6.07, 6.45) is -4.49. The SMILES string of the molecule is CCOc1ccc(C(=O)Nc2cccc(C(F)(F)F)c2)cc1COc1cccc2ccccc12. The van der Waals surface area contributed by atoms with E-state index < -0.39 is 17.6 Å². The van der Waals surface area contributed by atoms with Crippen LogP contribution in [-0.2, 0) is 12.8 Å². The Labute approximate surface area is 194 Å². The predicted octanol–water partition coefficient (Wildman–Crippen LogP) is 7.09. The summed E-state index contributed by atoms with van der Waals surface area (Å²) in [5.41, 5.74) is 0.146. The second-order valence-electron chi connectivity index (χ2n) is 7.55. The summed E-state index contributed by atoms with van der Waals surface area (Å²) in [6.45, 7) is 2.43. The number of alkyl halides is 3. The summed E-state index contributed by atoms with van der Waals surface area (Å²) >= 11 is 0. The summed E-state index contributed by atoms with van der Waals surface area (Å²) in [4.78, 5) is 12.8. The number of ether oxygens (including phenoxy) is 2. The molecule has 34 heavy (non-hydrogen) atoms. The first-order chi connectivity index (χ1) is 16.3. The van der Waals surface area contributed by atoms with Crippen molar-refractivity contribution < 1.29 is 27.4 Å². The Morgan fingerprint density at radius 3 is 2.41 bits per heavy atom. The van der Waals surface area contributed by atoms with Gasteiger partial charge in [0, 0.05) is 22.2 Å². The van der Waals surface area contributed by atoms with Crippen molar-refractivity contribution in [3.8, 4) is 11.5 Å². The fraction of sp³-hybridized carbons (Fsp3) is 0.148. The summed E-state index contributed by atoms with van der Waals surface area (Å²) in [7, 11) is 0. The molecule has 4 nitrogen and oxygen atoms in total. The maximum absolute atomic E-state index is 13.0. The molecule has 1 N–H and O–H groups in total. The van der Waals surface area contributed by atoms with Crippen LogP contribution in [0.3, 0.4) is 0 Å². The van der Waals surface area contributed by atoms with E-state index in [1.807, 2.05) is 49.4 Å². The maximum Gasteiger partial charge on any atom is 0.416 e. The van der Waals surface area contributed by atoms with E-state index in [1.54, 1.807) is 18.2 Å². The highest BCUT2D eigenvalue weighted by atomic mass is 19.4. The highest BCUT2D eigenvalue weighted by Gasteiger charge is 2.30. The third-order valence-electron chi connectivity index (χ3n) is 5.20. The van der Waals surface area contributed by atoms with E-state index >= 15 is 0 Å². The topological polar surface area (TPSA) is 47.6 Å². The smallest absolute Gasteiger partial charge is 0.416 e. The number of nitrogens with one attached hydrogen (secondary N) is 1. The zero-order valence-electron chi connectivity index (χ0n) is 18.4. The Kier molecular flexibility index (Phi) is 6.72. The van der Waals surface area contributed by atoms with Crippen LogP contribution in [0, 0.1) is 0 Å². The van der Waals surface area contributed by atoms with Crippen LogP contribution in [0.15, 0.2) is 84.9 Å². The van der Waals surface area contributed by atoms with Crippen LogP contribution in [-0.4, -0.2) is 12.5 Å². The van der Waals surface area contributed by atoms with Crippen molar-refractivity contribution in [3.63, 3.8) is 0 Å². The number of halogens is 3. The molecule has 0 unspecified atom stereocenters. The standard InChI is InChI=1S/C27H22F3NO3/c1-2-33-24-14-13-19(26(32)31-22-10-6-9-21(16-22)27(28,29)30)15-20(24)17-34-25-12-5-8-18-7-3-4-11-23(18)25/h3-16H,2,17H2,1H3,(H,31,32). The van der Waals surface area contributed by atoms with E-state index in [-0.39, 0.29) is 17.9 Å². The third kappa shape index (κ3) is 5.31. The Bertz CT molecular complexity index is 1310. The normalized spacial score (nSPS) is 11.3. The maximum atomic E-state index is 13.0. The molecule has 0 aliphatic carbocycles. The largest absolute Gasteiger partial charge is 0.493 e. The average molecular weight is 465 g/mol. The molecule has 0 heterocycles. The number of fused-ring (bicyclic) bond motifs is 1. The van der Waals surface area contributed by atoms with Crippen molar-refractivity contribution >= 4 is 22.4 Å². The highest BCUT2D eigenvalue weighted by molar-refractivity contribution is 6.04. The van der Waals surface area contributed by atoms with Gasteiger partial charge in [-0.15, -0.1) is 0 Å². The molecule has 4 aromatic rings. The Hall–Kier alpha value is -4.00. The lowest BCUT2D eigenvalue weighted by Crippen LogP contribution is -2.14. The van der Waals surface area contributed by atoms with Crippen LogP contribution in [0.4, 0.5) is 18.9 Å². The van der Waals surface area contributed by atoms with Gasteiger partial charge in [0.05, 0.1) is 12.2 Å². The molecule has 0 spiro atoms.